The molecule has 0 fully saturated rings. The Hall–Kier alpha value is -3.60. The Morgan fingerprint density at radius 3 is 2.12 bits per heavy atom. The minimum Gasteiger partial charge on any atom is -0.493 e. The Labute approximate surface area is 204 Å². The van der Waals surface area contributed by atoms with Crippen molar-refractivity contribution in [2.45, 2.75) is 0 Å². The number of ether oxygens (including phenoxy) is 4. The molecule has 0 aromatic heterocycles. The Kier molecular flexibility index (Phi) is 8.25. The number of carbonyl (C=O) groups is 2. The molecule has 0 radical (unpaired) electrons. The average molecular weight is 560 g/mol. The fraction of sp³-hybridized carbons (Fsp3) is 0.125. The highest BCUT2D eigenvalue weighted by Gasteiger charge is 2.16. The Bertz CT molecular complexity index is 1150. The number of benzene rings is 3. The summed E-state index contributed by atoms with van der Waals surface area (Å²) in [4.78, 5) is 24.8. The van der Waals surface area contributed by atoms with Gasteiger partial charge in [0.2, 0.25) is 5.75 Å². The molecular weight excluding hydrogens is 539 g/mol. The SMILES string of the molecule is COc1cc(C(=O)N/N=C/c2ccc(OC(=O)c3ccccc3I)cc2)cc(OC)c1OC. The van der Waals surface area contributed by atoms with E-state index in [0.29, 0.717) is 39.7 Å². The summed E-state index contributed by atoms with van der Waals surface area (Å²) in [5.41, 5.74) is 3.95. The van der Waals surface area contributed by atoms with Gasteiger partial charge in [-0.15, -0.1) is 0 Å². The van der Waals surface area contributed by atoms with Crippen LogP contribution < -0.4 is 24.4 Å². The van der Waals surface area contributed by atoms with Gasteiger partial charge in [0, 0.05) is 9.13 Å². The first-order valence-electron chi connectivity index (χ1n) is 9.67. The molecule has 170 valence electrons. The molecule has 3 aromatic rings. The van der Waals surface area contributed by atoms with Crippen LogP contribution in [0.4, 0.5) is 0 Å². The van der Waals surface area contributed by atoms with Gasteiger partial charge in [0.05, 0.1) is 33.1 Å². The summed E-state index contributed by atoms with van der Waals surface area (Å²) in [6, 6.07) is 17.0. The summed E-state index contributed by atoms with van der Waals surface area (Å²) < 4.78 is 22.0. The molecule has 0 bridgehead atoms. The first kappa shape index (κ1) is 24.1. The molecule has 0 aliphatic carbocycles. The maximum absolute atomic E-state index is 12.5. The van der Waals surface area contributed by atoms with Gasteiger partial charge in [-0.25, -0.2) is 10.2 Å². The highest BCUT2D eigenvalue weighted by atomic mass is 127. The zero-order valence-electron chi connectivity index (χ0n) is 18.1. The second-order valence-corrected chi connectivity index (χ2v) is 7.71. The van der Waals surface area contributed by atoms with E-state index in [9.17, 15) is 9.59 Å². The number of esters is 1. The smallest absolute Gasteiger partial charge is 0.344 e. The van der Waals surface area contributed by atoms with Crippen molar-refractivity contribution in [3.63, 3.8) is 0 Å². The van der Waals surface area contributed by atoms with Crippen molar-refractivity contribution in [2.24, 2.45) is 5.10 Å². The molecule has 0 heterocycles. The Morgan fingerprint density at radius 1 is 0.909 bits per heavy atom. The van der Waals surface area contributed by atoms with Crippen LogP contribution in [0, 0.1) is 3.57 Å². The molecule has 0 saturated carbocycles. The number of carbonyl (C=O) groups excluding carboxylic acids is 2. The summed E-state index contributed by atoms with van der Waals surface area (Å²) in [5, 5.41) is 3.98. The second-order valence-electron chi connectivity index (χ2n) is 6.55. The van der Waals surface area contributed by atoms with Crippen molar-refractivity contribution < 1.29 is 28.5 Å². The molecule has 9 heteroatoms. The number of hydrogen-bond donors (Lipinski definition) is 1. The minimum absolute atomic E-state index is 0.291. The zero-order chi connectivity index (χ0) is 23.8. The van der Waals surface area contributed by atoms with Gasteiger partial charge >= 0.3 is 5.97 Å². The first-order valence-corrected chi connectivity index (χ1v) is 10.7. The third kappa shape index (κ3) is 6.01. The highest BCUT2D eigenvalue weighted by molar-refractivity contribution is 14.1. The van der Waals surface area contributed by atoms with Crippen molar-refractivity contribution in [2.75, 3.05) is 21.3 Å². The summed E-state index contributed by atoms with van der Waals surface area (Å²) >= 11 is 2.09. The standard InChI is InChI=1S/C24H21IN2O6/c1-30-20-12-16(13-21(31-2)22(20)32-3)23(28)27-26-14-15-8-10-17(11-9-15)33-24(29)18-6-4-5-7-19(18)25/h4-14H,1-3H3,(H,27,28)/b26-14+. The summed E-state index contributed by atoms with van der Waals surface area (Å²) in [7, 11) is 4.43. The van der Waals surface area contributed by atoms with Crippen LogP contribution in [-0.4, -0.2) is 39.4 Å². The lowest BCUT2D eigenvalue weighted by atomic mass is 10.1. The van der Waals surface area contributed by atoms with Crippen LogP contribution in [0.5, 0.6) is 23.0 Å². The molecule has 1 N–H and O–H groups in total. The van der Waals surface area contributed by atoms with Gasteiger partial charge in [0.1, 0.15) is 5.75 Å². The Morgan fingerprint density at radius 2 is 1.55 bits per heavy atom. The van der Waals surface area contributed by atoms with E-state index in [1.807, 2.05) is 12.1 Å². The van der Waals surface area contributed by atoms with Gasteiger partial charge in [-0.05, 0) is 76.7 Å². The second kappa shape index (κ2) is 11.3. The van der Waals surface area contributed by atoms with Gasteiger partial charge in [0.15, 0.2) is 11.5 Å². The lowest BCUT2D eigenvalue weighted by Gasteiger charge is -2.13. The van der Waals surface area contributed by atoms with Crippen molar-refractivity contribution in [1.82, 2.24) is 5.43 Å². The molecule has 3 aromatic carbocycles. The van der Waals surface area contributed by atoms with Gasteiger partial charge in [-0.3, -0.25) is 4.79 Å². The van der Waals surface area contributed by atoms with Gasteiger partial charge in [-0.1, -0.05) is 12.1 Å². The Balaban J connectivity index is 1.63. The molecule has 0 atom stereocenters. The topological polar surface area (TPSA) is 95.5 Å². The predicted molar refractivity (Wildman–Crippen MR) is 132 cm³/mol. The van der Waals surface area contributed by atoms with Crippen LogP contribution >= 0.6 is 22.6 Å². The molecule has 0 saturated heterocycles. The maximum Gasteiger partial charge on any atom is 0.344 e. The van der Waals surface area contributed by atoms with E-state index in [2.05, 4.69) is 33.1 Å². The van der Waals surface area contributed by atoms with E-state index >= 15 is 0 Å². The van der Waals surface area contributed by atoms with Crippen LogP contribution in [0.2, 0.25) is 0 Å². The fourth-order valence-corrected chi connectivity index (χ4v) is 3.46. The zero-order valence-corrected chi connectivity index (χ0v) is 20.3. The van der Waals surface area contributed by atoms with Crippen LogP contribution in [0.15, 0.2) is 65.8 Å². The molecular formula is C24H21IN2O6. The van der Waals surface area contributed by atoms with Crippen molar-refractivity contribution in [3.05, 3.63) is 80.9 Å². The maximum atomic E-state index is 12.5. The third-order valence-corrected chi connectivity index (χ3v) is 5.43. The van der Waals surface area contributed by atoms with E-state index < -0.39 is 11.9 Å². The largest absolute Gasteiger partial charge is 0.493 e. The summed E-state index contributed by atoms with van der Waals surface area (Å²) in [6.07, 6.45) is 1.47. The number of halogens is 1. The van der Waals surface area contributed by atoms with E-state index in [1.165, 1.54) is 39.7 Å². The minimum atomic E-state index is -0.450. The number of amides is 1. The quantitative estimate of drug-likeness (QED) is 0.145. The van der Waals surface area contributed by atoms with Crippen molar-refractivity contribution in [1.29, 1.82) is 0 Å². The van der Waals surface area contributed by atoms with E-state index in [-0.39, 0.29) is 0 Å². The molecule has 3 rings (SSSR count). The third-order valence-electron chi connectivity index (χ3n) is 4.49. The molecule has 33 heavy (non-hydrogen) atoms. The van der Waals surface area contributed by atoms with Crippen molar-refractivity contribution in [3.8, 4) is 23.0 Å². The van der Waals surface area contributed by atoms with E-state index in [0.717, 1.165) is 3.57 Å². The molecule has 0 aliphatic rings. The fourth-order valence-electron chi connectivity index (χ4n) is 2.85. The molecule has 0 aliphatic heterocycles. The molecule has 1 amide bonds. The predicted octanol–water partition coefficient (Wildman–Crippen LogP) is 4.30. The lowest BCUT2D eigenvalue weighted by molar-refractivity contribution is 0.0733. The number of methoxy groups -OCH3 is 3. The lowest BCUT2D eigenvalue weighted by Crippen LogP contribution is -2.18. The number of nitrogens with zero attached hydrogens (tertiary/aromatic N) is 1. The van der Waals surface area contributed by atoms with Crippen LogP contribution in [-0.2, 0) is 0 Å². The molecule has 0 spiro atoms. The number of rotatable bonds is 8. The van der Waals surface area contributed by atoms with Crippen LogP contribution in [0.25, 0.3) is 0 Å². The van der Waals surface area contributed by atoms with E-state index in [4.69, 9.17) is 18.9 Å². The van der Waals surface area contributed by atoms with Crippen molar-refractivity contribution >= 4 is 40.7 Å². The van der Waals surface area contributed by atoms with Crippen LogP contribution in [0.3, 0.4) is 0 Å². The monoisotopic (exact) mass is 560 g/mol. The number of hydrazone groups is 1. The van der Waals surface area contributed by atoms with Gasteiger partial charge in [0.25, 0.3) is 5.91 Å². The molecule has 0 unspecified atom stereocenters. The number of nitrogens with one attached hydrogen (secondary N) is 1. The summed E-state index contributed by atoms with van der Waals surface area (Å²) in [5.74, 6) is 0.635. The van der Waals surface area contributed by atoms with Gasteiger partial charge in [-0.2, -0.15) is 5.10 Å². The normalized spacial score (nSPS) is 10.5. The van der Waals surface area contributed by atoms with Gasteiger partial charge < -0.3 is 18.9 Å². The van der Waals surface area contributed by atoms with Crippen LogP contribution in [0.1, 0.15) is 26.3 Å². The molecule has 8 nitrogen and oxygen atoms in total. The number of hydrogen-bond acceptors (Lipinski definition) is 7. The average Bonchev–Trinajstić information content (AvgIpc) is 2.84. The highest BCUT2D eigenvalue weighted by Crippen LogP contribution is 2.38. The van der Waals surface area contributed by atoms with E-state index in [1.54, 1.807) is 36.4 Å². The first-order chi connectivity index (χ1) is 16.0. The summed E-state index contributed by atoms with van der Waals surface area (Å²) in [6.45, 7) is 0.